The second-order valence-corrected chi connectivity index (χ2v) is 8.37. The molecule has 1 amide bonds. The summed E-state index contributed by atoms with van der Waals surface area (Å²) in [6.45, 7) is 0. The smallest absolute Gasteiger partial charge is 0.250 e. The molecule has 0 saturated carbocycles. The summed E-state index contributed by atoms with van der Waals surface area (Å²) in [5, 5.41) is 13.4. The number of benzene rings is 3. The van der Waals surface area contributed by atoms with E-state index in [2.05, 4.69) is 20.7 Å². The number of aromatic nitrogens is 3. The maximum absolute atomic E-state index is 12.4. The molecule has 0 spiro atoms. The van der Waals surface area contributed by atoms with E-state index in [4.69, 9.17) is 14.2 Å². The number of amides is 1. The minimum atomic E-state index is -0.264. The van der Waals surface area contributed by atoms with Crippen molar-refractivity contribution in [2.45, 2.75) is 5.16 Å². The molecule has 36 heavy (non-hydrogen) atoms. The number of thioether (sulfide) groups is 1. The Morgan fingerprint density at radius 2 is 1.42 bits per heavy atom. The van der Waals surface area contributed by atoms with Crippen LogP contribution in [0.1, 0.15) is 5.56 Å². The molecular weight excluding hydrogens is 478 g/mol. The Morgan fingerprint density at radius 3 is 2.00 bits per heavy atom. The average molecular weight is 504 g/mol. The lowest BCUT2D eigenvalue weighted by molar-refractivity contribution is -0.118. The van der Waals surface area contributed by atoms with E-state index in [9.17, 15) is 4.79 Å². The molecule has 4 aromatic rings. The first-order valence-electron chi connectivity index (χ1n) is 10.9. The molecule has 0 aliphatic heterocycles. The number of hydrazone groups is 1. The summed E-state index contributed by atoms with van der Waals surface area (Å²) < 4.78 is 17.6. The highest BCUT2D eigenvalue weighted by Gasteiger charge is 2.17. The zero-order valence-corrected chi connectivity index (χ0v) is 20.9. The Hall–Kier alpha value is -4.31. The van der Waals surface area contributed by atoms with Gasteiger partial charge in [0.05, 0.1) is 33.3 Å². The van der Waals surface area contributed by atoms with E-state index in [-0.39, 0.29) is 11.7 Å². The van der Waals surface area contributed by atoms with Gasteiger partial charge in [-0.05, 0) is 78.4 Å². The second-order valence-electron chi connectivity index (χ2n) is 7.42. The molecule has 3 aromatic carbocycles. The number of ether oxygens (including phenoxy) is 3. The minimum Gasteiger partial charge on any atom is -0.497 e. The van der Waals surface area contributed by atoms with Crippen molar-refractivity contribution in [1.29, 1.82) is 0 Å². The van der Waals surface area contributed by atoms with Crippen molar-refractivity contribution in [3.63, 3.8) is 0 Å². The summed E-state index contributed by atoms with van der Waals surface area (Å²) in [6, 6.07) is 22.5. The van der Waals surface area contributed by atoms with Crippen molar-refractivity contribution in [3.05, 3.63) is 78.4 Å². The molecule has 0 saturated heterocycles. The van der Waals surface area contributed by atoms with E-state index < -0.39 is 0 Å². The molecule has 1 aromatic heterocycles. The Bertz CT molecular complexity index is 1320. The highest BCUT2D eigenvalue weighted by Crippen LogP contribution is 2.29. The summed E-state index contributed by atoms with van der Waals surface area (Å²) in [6.07, 6.45) is 1.57. The van der Waals surface area contributed by atoms with Gasteiger partial charge in [-0.2, -0.15) is 5.10 Å². The van der Waals surface area contributed by atoms with Crippen LogP contribution in [0.4, 0.5) is 0 Å². The molecule has 184 valence electrons. The molecule has 0 aliphatic rings. The summed E-state index contributed by atoms with van der Waals surface area (Å²) in [7, 11) is 4.85. The molecule has 0 fully saturated rings. The Morgan fingerprint density at radius 1 is 0.861 bits per heavy atom. The van der Waals surface area contributed by atoms with Gasteiger partial charge in [0.15, 0.2) is 11.0 Å². The van der Waals surface area contributed by atoms with Crippen LogP contribution < -0.4 is 19.6 Å². The van der Waals surface area contributed by atoms with Crippen LogP contribution in [0.3, 0.4) is 0 Å². The van der Waals surface area contributed by atoms with E-state index in [1.807, 2.05) is 77.4 Å². The number of hydrogen-bond donors (Lipinski definition) is 1. The van der Waals surface area contributed by atoms with Crippen molar-refractivity contribution in [2.24, 2.45) is 5.10 Å². The number of carbonyl (C=O) groups is 1. The molecule has 10 heteroatoms. The Labute approximate surface area is 213 Å². The number of nitrogens with zero attached hydrogens (tertiary/aromatic N) is 4. The van der Waals surface area contributed by atoms with E-state index in [0.717, 1.165) is 34.1 Å². The molecular formula is C26H25N5O4S. The third kappa shape index (κ3) is 6.02. The van der Waals surface area contributed by atoms with Gasteiger partial charge in [0.25, 0.3) is 5.91 Å². The van der Waals surface area contributed by atoms with Crippen LogP contribution in [-0.2, 0) is 4.79 Å². The topological polar surface area (TPSA) is 99.9 Å². The SMILES string of the molecule is COc1ccc(/C=N\NC(=O)CSc2nnc(-c3ccc(OC)cc3)n2-c2ccc(OC)cc2)cc1. The van der Waals surface area contributed by atoms with Gasteiger partial charge >= 0.3 is 0 Å². The van der Waals surface area contributed by atoms with Crippen molar-refractivity contribution in [3.8, 4) is 34.3 Å². The van der Waals surface area contributed by atoms with Crippen LogP contribution in [0, 0.1) is 0 Å². The van der Waals surface area contributed by atoms with Gasteiger partial charge in [-0.1, -0.05) is 11.8 Å². The van der Waals surface area contributed by atoms with Crippen LogP contribution in [0.15, 0.2) is 83.1 Å². The van der Waals surface area contributed by atoms with Crippen LogP contribution in [-0.4, -0.2) is 54.0 Å². The lowest BCUT2D eigenvalue weighted by Crippen LogP contribution is -2.20. The van der Waals surface area contributed by atoms with Crippen molar-refractivity contribution >= 4 is 23.9 Å². The highest BCUT2D eigenvalue weighted by molar-refractivity contribution is 7.99. The third-order valence-electron chi connectivity index (χ3n) is 5.16. The van der Waals surface area contributed by atoms with Gasteiger partial charge in [0, 0.05) is 11.3 Å². The zero-order chi connectivity index (χ0) is 25.3. The third-order valence-corrected chi connectivity index (χ3v) is 6.09. The van der Waals surface area contributed by atoms with Crippen LogP contribution in [0.25, 0.3) is 17.1 Å². The van der Waals surface area contributed by atoms with Gasteiger partial charge in [0.1, 0.15) is 17.2 Å². The molecule has 9 nitrogen and oxygen atoms in total. The van der Waals surface area contributed by atoms with Crippen molar-refractivity contribution in [2.75, 3.05) is 27.1 Å². The molecule has 0 bridgehead atoms. The molecule has 4 rings (SSSR count). The number of hydrogen-bond acceptors (Lipinski definition) is 8. The number of rotatable bonds is 10. The fourth-order valence-corrected chi connectivity index (χ4v) is 4.03. The predicted octanol–water partition coefficient (Wildman–Crippen LogP) is 4.20. The van der Waals surface area contributed by atoms with Gasteiger partial charge in [-0.25, -0.2) is 5.43 Å². The van der Waals surface area contributed by atoms with Gasteiger partial charge < -0.3 is 14.2 Å². The standard InChI is InChI=1S/C26H25N5O4S/c1-33-21-10-4-18(5-11-21)16-27-28-24(32)17-36-26-30-29-25(19-6-12-22(34-2)13-7-19)31(26)20-8-14-23(35-3)15-9-20/h4-16H,17H2,1-3H3,(H,28,32)/b27-16-. The predicted molar refractivity (Wildman–Crippen MR) is 139 cm³/mol. The van der Waals surface area contributed by atoms with Gasteiger partial charge in [0.2, 0.25) is 0 Å². The summed E-state index contributed by atoms with van der Waals surface area (Å²) >= 11 is 1.27. The lowest BCUT2D eigenvalue weighted by Gasteiger charge is -2.11. The van der Waals surface area contributed by atoms with E-state index in [1.165, 1.54) is 11.8 Å². The number of carbonyl (C=O) groups excluding carboxylic acids is 1. The summed E-state index contributed by atoms with van der Waals surface area (Å²) in [5.74, 6) is 2.72. The van der Waals surface area contributed by atoms with Crippen LogP contribution in [0.5, 0.6) is 17.2 Å². The Balaban J connectivity index is 1.50. The Kier molecular flexibility index (Phi) is 8.20. The first-order valence-corrected chi connectivity index (χ1v) is 11.9. The normalized spacial score (nSPS) is 10.9. The monoisotopic (exact) mass is 503 g/mol. The van der Waals surface area contributed by atoms with E-state index >= 15 is 0 Å². The number of nitrogens with one attached hydrogen (secondary N) is 1. The maximum Gasteiger partial charge on any atom is 0.250 e. The molecule has 1 N–H and O–H groups in total. The maximum atomic E-state index is 12.4. The van der Waals surface area contributed by atoms with Gasteiger partial charge in [-0.15, -0.1) is 10.2 Å². The fourth-order valence-electron chi connectivity index (χ4n) is 3.29. The second kappa shape index (κ2) is 11.9. The van der Waals surface area contributed by atoms with E-state index in [0.29, 0.717) is 11.0 Å². The van der Waals surface area contributed by atoms with Crippen molar-refractivity contribution < 1.29 is 19.0 Å². The largest absolute Gasteiger partial charge is 0.497 e. The summed E-state index contributed by atoms with van der Waals surface area (Å²) in [4.78, 5) is 12.4. The molecule has 1 heterocycles. The molecule has 0 radical (unpaired) electrons. The lowest BCUT2D eigenvalue weighted by atomic mass is 10.2. The van der Waals surface area contributed by atoms with Crippen LogP contribution in [0.2, 0.25) is 0 Å². The average Bonchev–Trinajstić information content (AvgIpc) is 3.36. The van der Waals surface area contributed by atoms with Gasteiger partial charge in [-0.3, -0.25) is 9.36 Å². The first kappa shape index (κ1) is 24.8. The zero-order valence-electron chi connectivity index (χ0n) is 20.0. The molecule has 0 atom stereocenters. The van der Waals surface area contributed by atoms with Crippen LogP contribution >= 0.6 is 11.8 Å². The van der Waals surface area contributed by atoms with Crippen molar-refractivity contribution in [1.82, 2.24) is 20.2 Å². The molecule has 0 unspecified atom stereocenters. The molecule has 0 aliphatic carbocycles. The minimum absolute atomic E-state index is 0.108. The summed E-state index contributed by atoms with van der Waals surface area (Å²) in [5.41, 5.74) is 5.09. The fraction of sp³-hybridized carbons (Fsp3) is 0.154. The quantitative estimate of drug-likeness (QED) is 0.197. The highest BCUT2D eigenvalue weighted by atomic mass is 32.2. The number of methoxy groups -OCH3 is 3. The first-order chi connectivity index (χ1) is 17.6. The van der Waals surface area contributed by atoms with E-state index in [1.54, 1.807) is 27.5 Å².